The van der Waals surface area contributed by atoms with Gasteiger partial charge in [-0.1, -0.05) is 19.3 Å². The van der Waals surface area contributed by atoms with Crippen LogP contribution < -0.4 is 0 Å². The Kier molecular flexibility index (Phi) is 1.48. The number of hydrogen-bond acceptors (Lipinski definition) is 1. The van der Waals surface area contributed by atoms with Gasteiger partial charge in [0.1, 0.15) is 0 Å². The molecule has 1 spiro atoms. The predicted molar refractivity (Wildman–Crippen MR) is 40.7 cm³/mol. The molecular formula is C9H16O. The van der Waals surface area contributed by atoms with Gasteiger partial charge < -0.3 is 5.11 Å². The third-order valence-corrected chi connectivity index (χ3v) is 3.43. The highest BCUT2D eigenvalue weighted by Gasteiger charge is 2.52. The summed E-state index contributed by atoms with van der Waals surface area (Å²) in [6.07, 6.45) is 8.38. The van der Waals surface area contributed by atoms with Crippen LogP contribution in [-0.2, 0) is 0 Å². The van der Waals surface area contributed by atoms with E-state index in [0.29, 0.717) is 17.9 Å². The zero-order chi connectivity index (χ0) is 7.03. The Labute approximate surface area is 62.4 Å². The molecule has 2 aliphatic carbocycles. The summed E-state index contributed by atoms with van der Waals surface area (Å²) >= 11 is 0. The van der Waals surface area contributed by atoms with E-state index in [-0.39, 0.29) is 0 Å². The first-order chi connectivity index (χ1) is 4.87. The highest BCUT2D eigenvalue weighted by molar-refractivity contribution is 5.02. The topological polar surface area (TPSA) is 20.2 Å². The van der Waals surface area contributed by atoms with Gasteiger partial charge in [-0.2, -0.15) is 0 Å². The van der Waals surface area contributed by atoms with E-state index in [1.165, 1.54) is 38.5 Å². The first-order valence-corrected chi connectivity index (χ1v) is 4.48. The van der Waals surface area contributed by atoms with Gasteiger partial charge in [-0.25, -0.2) is 0 Å². The third kappa shape index (κ3) is 0.878. The van der Waals surface area contributed by atoms with Crippen molar-refractivity contribution in [2.75, 3.05) is 6.61 Å². The maximum Gasteiger partial charge on any atom is 0.0464 e. The predicted octanol–water partition coefficient (Wildman–Crippen LogP) is 1.95. The van der Waals surface area contributed by atoms with E-state index in [2.05, 4.69) is 0 Å². The maximum atomic E-state index is 8.92. The molecule has 1 N–H and O–H groups in total. The fourth-order valence-corrected chi connectivity index (χ4v) is 2.56. The first kappa shape index (κ1) is 6.66. The molecule has 10 heavy (non-hydrogen) atoms. The van der Waals surface area contributed by atoms with Crippen molar-refractivity contribution in [1.82, 2.24) is 0 Å². The smallest absolute Gasteiger partial charge is 0.0464 e. The Balaban J connectivity index is 1.92. The molecule has 2 fully saturated rings. The van der Waals surface area contributed by atoms with Gasteiger partial charge >= 0.3 is 0 Å². The van der Waals surface area contributed by atoms with Crippen LogP contribution in [0.2, 0.25) is 0 Å². The van der Waals surface area contributed by atoms with Crippen LogP contribution in [0, 0.1) is 11.3 Å². The third-order valence-electron chi connectivity index (χ3n) is 3.43. The molecule has 1 atom stereocenters. The van der Waals surface area contributed by atoms with Gasteiger partial charge in [0.15, 0.2) is 0 Å². The molecular weight excluding hydrogens is 124 g/mol. The first-order valence-electron chi connectivity index (χ1n) is 4.48. The Bertz CT molecular complexity index is 125. The Morgan fingerprint density at radius 2 is 1.90 bits per heavy atom. The Hall–Kier alpha value is -0.0400. The summed E-state index contributed by atoms with van der Waals surface area (Å²) in [4.78, 5) is 0. The molecule has 2 rings (SSSR count). The largest absolute Gasteiger partial charge is 0.396 e. The number of aliphatic hydroxyl groups is 1. The van der Waals surface area contributed by atoms with Crippen LogP contribution in [-0.4, -0.2) is 11.7 Å². The Morgan fingerprint density at radius 1 is 1.20 bits per heavy atom. The van der Waals surface area contributed by atoms with Gasteiger partial charge in [-0.05, 0) is 30.6 Å². The molecule has 0 amide bonds. The fourth-order valence-electron chi connectivity index (χ4n) is 2.56. The number of hydrogen-bond donors (Lipinski definition) is 1. The summed E-state index contributed by atoms with van der Waals surface area (Å²) in [5, 5.41) is 8.92. The zero-order valence-corrected chi connectivity index (χ0v) is 6.47. The van der Waals surface area contributed by atoms with E-state index in [1.807, 2.05) is 0 Å². The summed E-state index contributed by atoms with van der Waals surface area (Å²) in [5.74, 6) is 0.688. The van der Waals surface area contributed by atoms with E-state index in [0.717, 1.165) is 0 Å². The van der Waals surface area contributed by atoms with Gasteiger partial charge in [-0.3, -0.25) is 0 Å². The fraction of sp³-hybridized carbons (Fsp3) is 1.00. The van der Waals surface area contributed by atoms with Crippen LogP contribution in [0.15, 0.2) is 0 Å². The van der Waals surface area contributed by atoms with E-state index in [1.54, 1.807) is 0 Å². The van der Waals surface area contributed by atoms with Crippen LogP contribution in [0.1, 0.15) is 38.5 Å². The van der Waals surface area contributed by atoms with Crippen molar-refractivity contribution >= 4 is 0 Å². The summed E-state index contributed by atoms with van der Waals surface area (Å²) in [6.45, 7) is 0.444. The highest BCUT2D eigenvalue weighted by Crippen LogP contribution is 2.60. The van der Waals surface area contributed by atoms with Gasteiger partial charge in [0.05, 0.1) is 0 Å². The lowest BCUT2D eigenvalue weighted by atomic mass is 9.84. The van der Waals surface area contributed by atoms with Crippen LogP contribution in [0.3, 0.4) is 0 Å². The van der Waals surface area contributed by atoms with E-state index in [9.17, 15) is 0 Å². The molecule has 0 aromatic rings. The van der Waals surface area contributed by atoms with Gasteiger partial charge in [0.2, 0.25) is 0 Å². The average Bonchev–Trinajstić information content (AvgIpc) is 2.65. The summed E-state index contributed by atoms with van der Waals surface area (Å²) in [6, 6.07) is 0. The number of aliphatic hydroxyl groups excluding tert-OH is 1. The quantitative estimate of drug-likeness (QED) is 0.590. The summed E-state index contributed by atoms with van der Waals surface area (Å²) < 4.78 is 0. The second kappa shape index (κ2) is 2.23. The van der Waals surface area contributed by atoms with Gasteiger partial charge in [0, 0.05) is 6.61 Å². The number of rotatable bonds is 1. The van der Waals surface area contributed by atoms with Crippen molar-refractivity contribution in [2.45, 2.75) is 38.5 Å². The average molecular weight is 140 g/mol. The van der Waals surface area contributed by atoms with E-state index < -0.39 is 0 Å². The molecule has 0 bridgehead atoms. The molecule has 58 valence electrons. The molecule has 0 aromatic heterocycles. The second-order valence-electron chi connectivity index (χ2n) is 4.01. The van der Waals surface area contributed by atoms with Crippen molar-refractivity contribution in [3.05, 3.63) is 0 Å². The standard InChI is InChI=1S/C9H16O/c10-7-8-6-9(8)4-2-1-3-5-9/h8,10H,1-7H2/t8-/m0/s1. The van der Waals surface area contributed by atoms with Crippen molar-refractivity contribution < 1.29 is 5.11 Å². The van der Waals surface area contributed by atoms with Crippen molar-refractivity contribution in [1.29, 1.82) is 0 Å². The molecule has 0 aromatic carbocycles. The molecule has 0 radical (unpaired) electrons. The molecule has 2 saturated carbocycles. The zero-order valence-electron chi connectivity index (χ0n) is 6.47. The lowest BCUT2D eigenvalue weighted by Crippen LogP contribution is -2.10. The van der Waals surface area contributed by atoms with Crippen molar-refractivity contribution in [3.8, 4) is 0 Å². The lowest BCUT2D eigenvalue weighted by Gasteiger charge is -2.21. The van der Waals surface area contributed by atoms with Gasteiger partial charge in [-0.15, -0.1) is 0 Å². The SMILES string of the molecule is OC[C@@H]1CC12CCCCC2. The molecule has 0 unspecified atom stereocenters. The molecule has 0 saturated heterocycles. The van der Waals surface area contributed by atoms with Crippen LogP contribution in [0.25, 0.3) is 0 Å². The van der Waals surface area contributed by atoms with E-state index in [4.69, 9.17) is 5.11 Å². The lowest BCUT2D eigenvalue weighted by molar-refractivity contribution is 0.222. The molecule has 1 heteroatoms. The molecule has 2 aliphatic rings. The Morgan fingerprint density at radius 3 is 2.40 bits per heavy atom. The summed E-state index contributed by atoms with van der Waals surface area (Å²) in [7, 11) is 0. The monoisotopic (exact) mass is 140 g/mol. The van der Waals surface area contributed by atoms with Crippen LogP contribution in [0.4, 0.5) is 0 Å². The second-order valence-corrected chi connectivity index (χ2v) is 4.01. The molecule has 1 nitrogen and oxygen atoms in total. The summed E-state index contributed by atoms with van der Waals surface area (Å²) in [5.41, 5.74) is 0.646. The highest BCUT2D eigenvalue weighted by atomic mass is 16.3. The molecule has 0 heterocycles. The minimum atomic E-state index is 0.444. The van der Waals surface area contributed by atoms with E-state index >= 15 is 0 Å². The van der Waals surface area contributed by atoms with Crippen molar-refractivity contribution in [3.63, 3.8) is 0 Å². The maximum absolute atomic E-state index is 8.92. The minimum Gasteiger partial charge on any atom is -0.396 e. The van der Waals surface area contributed by atoms with Gasteiger partial charge in [0.25, 0.3) is 0 Å². The van der Waals surface area contributed by atoms with Crippen molar-refractivity contribution in [2.24, 2.45) is 11.3 Å². The molecule has 0 aliphatic heterocycles. The van der Waals surface area contributed by atoms with Crippen LogP contribution in [0.5, 0.6) is 0 Å². The minimum absolute atomic E-state index is 0.444. The normalized spacial score (nSPS) is 36.3. The van der Waals surface area contributed by atoms with Crippen LogP contribution >= 0.6 is 0 Å².